The number of fused-ring (bicyclic) bond motifs is 1. The van der Waals surface area contributed by atoms with Gasteiger partial charge < -0.3 is 15.5 Å². The molecule has 1 aliphatic rings. The molecule has 0 saturated heterocycles. The first kappa shape index (κ1) is 16.1. The lowest BCUT2D eigenvalue weighted by Crippen LogP contribution is -2.15. The van der Waals surface area contributed by atoms with Gasteiger partial charge in [0, 0.05) is 36.7 Å². The number of amides is 1. The summed E-state index contributed by atoms with van der Waals surface area (Å²) < 4.78 is 0. The van der Waals surface area contributed by atoms with E-state index in [4.69, 9.17) is 0 Å². The standard InChI is InChI=1S/C20H19N5O/c1-14(26)22-16-6-8-17(9-7-16)23-20-21-12-10-19(24-20)25-13-11-15-4-2-3-5-18(15)25/h2-10,12H,11,13H2,1H3,(H,22,26)(H,21,23,24). The fourth-order valence-electron chi connectivity index (χ4n) is 3.11. The zero-order chi connectivity index (χ0) is 17.9. The summed E-state index contributed by atoms with van der Waals surface area (Å²) in [6.45, 7) is 2.41. The number of rotatable bonds is 4. The monoisotopic (exact) mass is 345 g/mol. The fraction of sp³-hybridized carbons (Fsp3) is 0.150. The van der Waals surface area contributed by atoms with E-state index in [1.165, 1.54) is 18.2 Å². The second kappa shape index (κ2) is 6.84. The van der Waals surface area contributed by atoms with Gasteiger partial charge in [0.2, 0.25) is 11.9 Å². The van der Waals surface area contributed by atoms with Crippen molar-refractivity contribution in [1.82, 2.24) is 9.97 Å². The Labute approximate surface area is 151 Å². The molecule has 3 aromatic rings. The third-order valence-corrected chi connectivity index (χ3v) is 4.27. The van der Waals surface area contributed by atoms with Gasteiger partial charge in [-0.1, -0.05) is 18.2 Å². The van der Waals surface area contributed by atoms with Gasteiger partial charge in [-0.2, -0.15) is 4.98 Å². The van der Waals surface area contributed by atoms with Gasteiger partial charge in [-0.15, -0.1) is 0 Å². The molecule has 4 rings (SSSR count). The maximum atomic E-state index is 11.1. The Morgan fingerprint density at radius 3 is 2.62 bits per heavy atom. The summed E-state index contributed by atoms with van der Waals surface area (Å²) in [4.78, 5) is 22.3. The van der Waals surface area contributed by atoms with Crippen LogP contribution in [0.3, 0.4) is 0 Å². The highest BCUT2D eigenvalue weighted by Gasteiger charge is 2.20. The lowest BCUT2D eigenvalue weighted by molar-refractivity contribution is -0.114. The molecular weight excluding hydrogens is 326 g/mol. The Bertz CT molecular complexity index is 939. The largest absolute Gasteiger partial charge is 0.326 e. The molecule has 130 valence electrons. The Morgan fingerprint density at radius 2 is 1.81 bits per heavy atom. The van der Waals surface area contributed by atoms with Gasteiger partial charge in [0.05, 0.1) is 0 Å². The number of carbonyl (C=O) groups excluding carboxylic acids is 1. The minimum Gasteiger partial charge on any atom is -0.326 e. The molecule has 0 fully saturated rings. The first-order valence-electron chi connectivity index (χ1n) is 8.52. The van der Waals surface area contributed by atoms with Crippen LogP contribution in [0.15, 0.2) is 60.8 Å². The van der Waals surface area contributed by atoms with Crippen molar-refractivity contribution in [2.75, 3.05) is 22.1 Å². The highest BCUT2D eigenvalue weighted by molar-refractivity contribution is 5.88. The van der Waals surface area contributed by atoms with Crippen LogP contribution in [0.1, 0.15) is 12.5 Å². The van der Waals surface area contributed by atoms with Crippen molar-refractivity contribution >= 4 is 34.7 Å². The van der Waals surface area contributed by atoms with Gasteiger partial charge in [-0.25, -0.2) is 4.98 Å². The van der Waals surface area contributed by atoms with Crippen molar-refractivity contribution < 1.29 is 4.79 Å². The van der Waals surface area contributed by atoms with E-state index in [9.17, 15) is 4.79 Å². The summed E-state index contributed by atoms with van der Waals surface area (Å²) in [6.07, 6.45) is 2.78. The third-order valence-electron chi connectivity index (χ3n) is 4.27. The number of benzene rings is 2. The molecule has 0 spiro atoms. The highest BCUT2D eigenvalue weighted by Crippen LogP contribution is 2.33. The normalized spacial score (nSPS) is 12.6. The summed E-state index contributed by atoms with van der Waals surface area (Å²) in [5.74, 6) is 1.33. The van der Waals surface area contributed by atoms with Crippen molar-refractivity contribution in [3.63, 3.8) is 0 Å². The van der Waals surface area contributed by atoms with Gasteiger partial charge >= 0.3 is 0 Å². The zero-order valence-corrected chi connectivity index (χ0v) is 14.4. The molecule has 0 radical (unpaired) electrons. The van der Waals surface area contributed by atoms with E-state index in [-0.39, 0.29) is 5.91 Å². The van der Waals surface area contributed by atoms with E-state index in [1.807, 2.05) is 36.4 Å². The average molecular weight is 345 g/mol. The molecular formula is C20H19N5O. The Hall–Kier alpha value is -3.41. The molecule has 6 heteroatoms. The summed E-state index contributed by atoms with van der Waals surface area (Å²) in [5, 5.41) is 5.96. The first-order valence-corrected chi connectivity index (χ1v) is 8.52. The van der Waals surface area contributed by atoms with Crippen LogP contribution in [0.2, 0.25) is 0 Å². The molecule has 1 aliphatic heterocycles. The van der Waals surface area contributed by atoms with Crippen molar-refractivity contribution in [2.24, 2.45) is 0 Å². The Balaban J connectivity index is 1.53. The quantitative estimate of drug-likeness (QED) is 0.751. The van der Waals surface area contributed by atoms with Crippen LogP contribution in [0, 0.1) is 0 Å². The molecule has 26 heavy (non-hydrogen) atoms. The summed E-state index contributed by atoms with van der Waals surface area (Å²) >= 11 is 0. The predicted octanol–water partition coefficient (Wildman–Crippen LogP) is 3.87. The van der Waals surface area contributed by atoms with E-state index >= 15 is 0 Å². The Morgan fingerprint density at radius 1 is 1.04 bits per heavy atom. The lowest BCUT2D eigenvalue weighted by atomic mass is 10.2. The lowest BCUT2D eigenvalue weighted by Gasteiger charge is -2.18. The second-order valence-corrected chi connectivity index (χ2v) is 6.15. The SMILES string of the molecule is CC(=O)Nc1ccc(Nc2nccc(N3CCc4ccccc43)n2)cc1. The van der Waals surface area contributed by atoms with E-state index < -0.39 is 0 Å². The molecule has 6 nitrogen and oxygen atoms in total. The molecule has 2 N–H and O–H groups in total. The summed E-state index contributed by atoms with van der Waals surface area (Å²) in [7, 11) is 0. The number of nitrogens with one attached hydrogen (secondary N) is 2. The van der Waals surface area contributed by atoms with Crippen molar-refractivity contribution in [3.05, 3.63) is 66.4 Å². The number of nitrogens with zero attached hydrogens (tertiary/aromatic N) is 3. The molecule has 2 heterocycles. The van der Waals surface area contributed by atoms with Crippen molar-refractivity contribution in [1.29, 1.82) is 0 Å². The van der Waals surface area contributed by atoms with Gasteiger partial charge in [0.25, 0.3) is 0 Å². The van der Waals surface area contributed by atoms with Crippen LogP contribution in [-0.2, 0) is 11.2 Å². The average Bonchev–Trinajstić information content (AvgIpc) is 3.07. The maximum absolute atomic E-state index is 11.1. The topological polar surface area (TPSA) is 70.2 Å². The third kappa shape index (κ3) is 3.35. The van der Waals surface area contributed by atoms with Crippen LogP contribution in [0.4, 0.5) is 28.8 Å². The first-order chi connectivity index (χ1) is 12.7. The van der Waals surface area contributed by atoms with E-state index in [2.05, 4.69) is 43.7 Å². The van der Waals surface area contributed by atoms with Gasteiger partial charge in [0.15, 0.2) is 0 Å². The van der Waals surface area contributed by atoms with Gasteiger partial charge in [0.1, 0.15) is 5.82 Å². The minimum absolute atomic E-state index is 0.0901. The smallest absolute Gasteiger partial charge is 0.229 e. The van der Waals surface area contributed by atoms with Gasteiger partial charge in [-0.3, -0.25) is 4.79 Å². The molecule has 1 amide bonds. The molecule has 0 bridgehead atoms. The van der Waals surface area contributed by atoms with Crippen LogP contribution >= 0.6 is 0 Å². The van der Waals surface area contributed by atoms with Crippen LogP contribution in [0.25, 0.3) is 0 Å². The fourth-order valence-corrected chi connectivity index (χ4v) is 3.11. The highest BCUT2D eigenvalue weighted by atomic mass is 16.1. The van der Waals surface area contributed by atoms with Crippen molar-refractivity contribution in [2.45, 2.75) is 13.3 Å². The second-order valence-electron chi connectivity index (χ2n) is 6.15. The van der Waals surface area contributed by atoms with E-state index in [0.717, 1.165) is 30.2 Å². The summed E-state index contributed by atoms with van der Waals surface area (Å²) in [6, 6.07) is 17.8. The molecule has 0 atom stereocenters. The van der Waals surface area contributed by atoms with Crippen LogP contribution in [-0.4, -0.2) is 22.4 Å². The Kier molecular flexibility index (Phi) is 4.23. The number of hydrogen-bond acceptors (Lipinski definition) is 5. The predicted molar refractivity (Wildman–Crippen MR) is 103 cm³/mol. The number of aromatic nitrogens is 2. The number of para-hydroxylation sites is 1. The van der Waals surface area contributed by atoms with E-state index in [1.54, 1.807) is 6.20 Å². The molecule has 0 saturated carbocycles. The molecule has 0 aliphatic carbocycles. The summed E-state index contributed by atoms with van der Waals surface area (Å²) in [5.41, 5.74) is 4.16. The van der Waals surface area contributed by atoms with Crippen LogP contribution in [0.5, 0.6) is 0 Å². The number of anilines is 5. The molecule has 1 aromatic heterocycles. The van der Waals surface area contributed by atoms with Crippen molar-refractivity contribution in [3.8, 4) is 0 Å². The minimum atomic E-state index is -0.0901. The maximum Gasteiger partial charge on any atom is 0.229 e. The number of hydrogen-bond donors (Lipinski definition) is 2. The van der Waals surface area contributed by atoms with E-state index in [0.29, 0.717) is 5.95 Å². The number of carbonyl (C=O) groups is 1. The van der Waals surface area contributed by atoms with Gasteiger partial charge in [-0.05, 0) is 48.4 Å². The molecule has 2 aromatic carbocycles. The van der Waals surface area contributed by atoms with Crippen LogP contribution < -0.4 is 15.5 Å². The molecule has 0 unspecified atom stereocenters. The zero-order valence-electron chi connectivity index (χ0n) is 14.4.